The second-order valence-corrected chi connectivity index (χ2v) is 18.3. The van der Waals surface area contributed by atoms with Gasteiger partial charge in [-0.1, -0.05) is 6.07 Å². The Labute approximate surface area is 340 Å². The molecule has 0 spiro atoms. The van der Waals surface area contributed by atoms with Crippen LogP contribution in [-0.2, 0) is 40.5 Å². The van der Waals surface area contributed by atoms with Gasteiger partial charge in [-0.25, -0.2) is 0 Å². The third kappa shape index (κ3) is 10.6. The van der Waals surface area contributed by atoms with Gasteiger partial charge in [-0.2, -0.15) is 69.1 Å². The number of anilines is 4. The molecule has 59 heavy (non-hydrogen) atoms. The number of halogens is 1. The first-order chi connectivity index (χ1) is 27.4. The van der Waals surface area contributed by atoms with Gasteiger partial charge >= 0.3 is 0 Å². The highest BCUT2D eigenvalue weighted by atomic mass is 35.5. The van der Waals surface area contributed by atoms with Crippen molar-refractivity contribution in [2.45, 2.75) is 33.4 Å². The highest BCUT2D eigenvalue weighted by Crippen LogP contribution is 2.33. The van der Waals surface area contributed by atoms with Gasteiger partial charge in [0.1, 0.15) is 4.90 Å². The molecule has 0 unspecified atom stereocenters. The lowest BCUT2D eigenvalue weighted by Gasteiger charge is -2.10. The van der Waals surface area contributed by atoms with Gasteiger partial charge in [-0.3, -0.25) is 18.2 Å². The Balaban J connectivity index is 1.17. The lowest BCUT2D eigenvalue weighted by atomic mass is 10.1. The molecule has 0 aliphatic heterocycles. The van der Waals surface area contributed by atoms with E-state index < -0.39 is 60.1 Å². The number of aromatic nitrogens is 3. The van der Waals surface area contributed by atoms with E-state index in [1.807, 2.05) is 0 Å². The summed E-state index contributed by atoms with van der Waals surface area (Å²) in [5.41, 5.74) is 2.75. The molecule has 6 aromatic rings. The van der Waals surface area contributed by atoms with Gasteiger partial charge < -0.3 is 10.6 Å². The van der Waals surface area contributed by atoms with Crippen LogP contribution in [0.15, 0.2) is 125 Å². The molecule has 0 saturated heterocycles. The predicted molar refractivity (Wildman–Crippen MR) is 212 cm³/mol. The Kier molecular flexibility index (Phi) is 11.6. The summed E-state index contributed by atoms with van der Waals surface area (Å²) in [5, 5.41) is 22.1. The Morgan fingerprint density at radius 1 is 0.508 bits per heavy atom. The first-order valence-electron chi connectivity index (χ1n) is 16.1. The molecule has 0 saturated carbocycles. The van der Waals surface area contributed by atoms with E-state index >= 15 is 0 Å². The minimum Gasteiger partial charge on any atom is -0.324 e. The molecule has 0 aliphatic carbocycles. The average molecular weight is 904 g/mol. The van der Waals surface area contributed by atoms with Gasteiger partial charge in [0.05, 0.1) is 37.4 Å². The minimum atomic E-state index is -4.90. The Morgan fingerprint density at radius 3 is 1.44 bits per heavy atom. The van der Waals surface area contributed by atoms with Crippen molar-refractivity contribution in [3.05, 3.63) is 101 Å². The van der Waals surface area contributed by atoms with Gasteiger partial charge in [0.2, 0.25) is 17.2 Å². The number of nitrogens with one attached hydrogen (secondary N) is 2. The second kappa shape index (κ2) is 16.0. The number of aryl methyl sites for hydroxylation is 2. The topological polar surface area (TPSA) is 330 Å². The van der Waals surface area contributed by atoms with Gasteiger partial charge in [-0.15, -0.1) is 0 Å². The van der Waals surface area contributed by atoms with E-state index in [0.29, 0.717) is 40.3 Å². The maximum atomic E-state index is 12.0. The van der Waals surface area contributed by atoms with E-state index in [0.717, 1.165) is 18.2 Å². The second-order valence-electron chi connectivity index (χ2n) is 12.3. The molecule has 0 bridgehead atoms. The first kappa shape index (κ1) is 42.7. The molecule has 1 heterocycles. The van der Waals surface area contributed by atoms with Crippen molar-refractivity contribution in [1.29, 1.82) is 0 Å². The molecule has 5 aromatic carbocycles. The molecule has 6 N–H and O–H groups in total. The number of nitrogens with zero attached hydrogens (tertiary/aromatic N) is 7. The van der Waals surface area contributed by atoms with Crippen LogP contribution in [0, 0.1) is 13.8 Å². The number of fused-ring (bicyclic) bond motifs is 1. The molecular weight excluding hydrogens is 878 g/mol. The van der Waals surface area contributed by atoms with Crippen LogP contribution in [0.25, 0.3) is 10.8 Å². The number of hydrogen-bond donors (Lipinski definition) is 6. The summed E-state index contributed by atoms with van der Waals surface area (Å²) in [6.07, 6.45) is 0. The van der Waals surface area contributed by atoms with Crippen molar-refractivity contribution in [3.8, 4) is 0 Å². The molecule has 6 rings (SSSR count). The zero-order chi connectivity index (χ0) is 43.1. The monoisotopic (exact) mass is 903 g/mol. The fourth-order valence-electron chi connectivity index (χ4n) is 5.26. The molecule has 0 aliphatic rings. The highest BCUT2D eigenvalue weighted by molar-refractivity contribution is 7.87. The van der Waals surface area contributed by atoms with Gasteiger partial charge in [-0.05, 0) is 121 Å². The van der Waals surface area contributed by atoms with E-state index in [4.69, 9.17) is 11.6 Å². The SMILES string of the molecule is Cc1cc(Nc2nc(Cl)nc(Nc3ccc(N=Nc4ccc5cc(S(=O)(=O)O)cc(S(=O)(=O)O)c5c4)c(C)c3)n2)ccc1N=Nc1cc(S(=O)(=O)O)cc(S(=O)(=O)O)c1. The van der Waals surface area contributed by atoms with E-state index in [-0.39, 0.29) is 45.0 Å². The van der Waals surface area contributed by atoms with E-state index in [1.165, 1.54) is 24.3 Å². The molecule has 0 atom stereocenters. The molecule has 0 radical (unpaired) electrons. The van der Waals surface area contributed by atoms with Crippen molar-refractivity contribution in [2.75, 3.05) is 10.6 Å². The Hall–Kier alpha value is -5.90. The fraction of sp³-hybridized carbons (Fsp3) is 0.0606. The van der Waals surface area contributed by atoms with Crippen molar-refractivity contribution in [1.82, 2.24) is 15.0 Å². The minimum absolute atomic E-state index is 0.0462. The van der Waals surface area contributed by atoms with Crippen LogP contribution in [0.3, 0.4) is 0 Å². The lowest BCUT2D eigenvalue weighted by molar-refractivity contribution is 0.477. The van der Waals surface area contributed by atoms with Crippen LogP contribution >= 0.6 is 11.6 Å². The average Bonchev–Trinajstić information content (AvgIpc) is 3.12. The lowest BCUT2D eigenvalue weighted by Crippen LogP contribution is -2.04. The predicted octanol–water partition coefficient (Wildman–Crippen LogP) is 7.60. The summed E-state index contributed by atoms with van der Waals surface area (Å²) in [6.45, 7) is 3.40. The van der Waals surface area contributed by atoms with Gasteiger partial charge in [0.15, 0.2) is 0 Å². The Morgan fingerprint density at radius 2 is 0.983 bits per heavy atom. The molecular formula is C33H26ClN9O12S4. The number of azo groups is 2. The number of rotatable bonds is 12. The van der Waals surface area contributed by atoms with Crippen LogP contribution < -0.4 is 10.6 Å². The maximum Gasteiger partial charge on any atom is 0.295 e. The van der Waals surface area contributed by atoms with Crippen molar-refractivity contribution < 1.29 is 51.9 Å². The summed E-state index contributed by atoms with van der Waals surface area (Å²) >= 11 is 6.18. The van der Waals surface area contributed by atoms with Crippen LogP contribution in [0.4, 0.5) is 46.0 Å². The molecule has 26 heteroatoms. The highest BCUT2D eigenvalue weighted by Gasteiger charge is 2.21. The molecule has 0 fully saturated rings. The van der Waals surface area contributed by atoms with Crippen LogP contribution in [0.5, 0.6) is 0 Å². The van der Waals surface area contributed by atoms with E-state index in [2.05, 4.69) is 46.0 Å². The molecule has 1 aromatic heterocycles. The van der Waals surface area contributed by atoms with Gasteiger partial charge in [0, 0.05) is 16.8 Å². The molecule has 21 nitrogen and oxygen atoms in total. The third-order valence-corrected chi connectivity index (χ3v) is 11.5. The first-order valence-corrected chi connectivity index (χ1v) is 22.2. The van der Waals surface area contributed by atoms with Crippen LogP contribution in [-0.4, -0.2) is 66.8 Å². The van der Waals surface area contributed by atoms with E-state index in [9.17, 15) is 51.9 Å². The van der Waals surface area contributed by atoms with Crippen LogP contribution in [0.2, 0.25) is 5.28 Å². The van der Waals surface area contributed by atoms with Crippen molar-refractivity contribution >= 4 is 109 Å². The summed E-state index contributed by atoms with van der Waals surface area (Å²) in [5.74, 6) is 0.104. The summed E-state index contributed by atoms with van der Waals surface area (Å²) in [4.78, 5) is 9.44. The standard InChI is InChI=1S/C33H26ClN9O12S4/c1-17-9-20(5-7-28(17)42-40-22-4-3-19-11-24(56(44,45)46)16-30(27(19)14-22)59(53,54)55)35-32-37-31(34)38-33(39-32)36-21-6-8-29(18(2)10-21)43-41-23-12-25(57(47,48)49)15-26(13-23)58(50,51)52/h3-16H,1-2H3,(H,44,45,46)(H,47,48,49)(H,50,51,52)(H,53,54,55)(H2,35,36,37,38,39). The number of benzene rings is 5. The van der Waals surface area contributed by atoms with Crippen LogP contribution in [0.1, 0.15) is 11.1 Å². The molecule has 306 valence electrons. The van der Waals surface area contributed by atoms with Gasteiger partial charge in [0.25, 0.3) is 40.5 Å². The van der Waals surface area contributed by atoms with E-state index in [1.54, 1.807) is 44.2 Å². The zero-order valence-corrected chi connectivity index (χ0v) is 33.8. The molecule has 0 amide bonds. The number of hydrogen-bond acceptors (Lipinski definition) is 17. The largest absolute Gasteiger partial charge is 0.324 e. The fourth-order valence-corrected chi connectivity index (χ4v) is 7.93. The summed E-state index contributed by atoms with van der Waals surface area (Å²) in [7, 11) is -19.4. The summed E-state index contributed by atoms with van der Waals surface area (Å²) in [6, 6.07) is 17.7. The quantitative estimate of drug-likeness (QED) is 0.0508. The Bertz CT molecular complexity index is 3170. The summed E-state index contributed by atoms with van der Waals surface area (Å²) < 4.78 is 132. The maximum absolute atomic E-state index is 12.0. The van der Waals surface area contributed by atoms with Crippen molar-refractivity contribution in [3.63, 3.8) is 0 Å². The van der Waals surface area contributed by atoms with Crippen molar-refractivity contribution in [2.24, 2.45) is 20.5 Å². The normalized spacial score (nSPS) is 12.7. The zero-order valence-electron chi connectivity index (χ0n) is 29.8. The smallest absolute Gasteiger partial charge is 0.295 e. The third-order valence-electron chi connectivity index (χ3n) is 7.97.